The molecule has 0 saturated heterocycles. The van der Waals surface area contributed by atoms with E-state index in [9.17, 15) is 22.6 Å². The normalized spacial score (nSPS) is 21.6. The molecule has 6 nitrogen and oxygen atoms in total. The maximum Gasteiger partial charge on any atom is 0.408 e. The van der Waals surface area contributed by atoms with Crippen molar-refractivity contribution in [1.29, 1.82) is 0 Å². The highest BCUT2D eigenvalue weighted by Crippen LogP contribution is 2.26. The van der Waals surface area contributed by atoms with Gasteiger partial charge in [-0.2, -0.15) is 0 Å². The summed E-state index contributed by atoms with van der Waals surface area (Å²) in [7, 11) is -1.01. The molecule has 4 atom stereocenters. The van der Waals surface area contributed by atoms with Gasteiger partial charge in [0.25, 0.3) is 0 Å². The SMILES string of the molecule is CS(=O)C1CCC(NC(=O)C(NC(=O)OC(C)(C)C)c2c(F)cccc2F)C1. The van der Waals surface area contributed by atoms with Crippen LogP contribution in [-0.4, -0.2) is 39.4 Å². The van der Waals surface area contributed by atoms with Gasteiger partial charge in [-0.3, -0.25) is 9.00 Å². The molecule has 1 aromatic rings. The molecule has 1 fully saturated rings. The molecule has 28 heavy (non-hydrogen) atoms. The van der Waals surface area contributed by atoms with Gasteiger partial charge in [0.1, 0.15) is 23.3 Å². The fourth-order valence-electron chi connectivity index (χ4n) is 3.14. The molecule has 9 heteroatoms. The third kappa shape index (κ3) is 5.98. The molecule has 0 aliphatic heterocycles. The minimum Gasteiger partial charge on any atom is -0.444 e. The van der Waals surface area contributed by atoms with Crippen molar-refractivity contribution in [3.05, 3.63) is 35.4 Å². The zero-order valence-corrected chi connectivity index (χ0v) is 17.2. The monoisotopic (exact) mass is 416 g/mol. The fourth-order valence-corrected chi connectivity index (χ4v) is 4.11. The van der Waals surface area contributed by atoms with Gasteiger partial charge in [-0.15, -0.1) is 0 Å². The lowest BCUT2D eigenvalue weighted by molar-refractivity contribution is -0.124. The second-order valence-corrected chi connectivity index (χ2v) is 9.52. The van der Waals surface area contributed by atoms with Gasteiger partial charge in [-0.1, -0.05) is 6.07 Å². The van der Waals surface area contributed by atoms with Crippen LogP contribution in [0.25, 0.3) is 0 Å². The highest BCUT2D eigenvalue weighted by Gasteiger charge is 2.34. The Balaban J connectivity index is 2.22. The number of carbonyl (C=O) groups excluding carboxylic acids is 2. The average molecular weight is 416 g/mol. The van der Waals surface area contributed by atoms with Gasteiger partial charge in [0, 0.05) is 28.3 Å². The van der Waals surface area contributed by atoms with E-state index in [1.165, 1.54) is 6.07 Å². The summed E-state index contributed by atoms with van der Waals surface area (Å²) in [6, 6.07) is 1.33. The first-order chi connectivity index (χ1) is 13.0. The van der Waals surface area contributed by atoms with Crippen LogP contribution in [0.1, 0.15) is 51.6 Å². The van der Waals surface area contributed by atoms with Crippen molar-refractivity contribution in [1.82, 2.24) is 10.6 Å². The first kappa shape index (κ1) is 22.3. The van der Waals surface area contributed by atoms with Crippen LogP contribution >= 0.6 is 0 Å². The molecule has 2 amide bonds. The lowest BCUT2D eigenvalue weighted by atomic mass is 10.0. The Morgan fingerprint density at radius 3 is 2.32 bits per heavy atom. The Morgan fingerprint density at radius 2 is 1.82 bits per heavy atom. The van der Waals surface area contributed by atoms with Crippen LogP contribution in [-0.2, 0) is 20.3 Å². The summed E-state index contributed by atoms with van der Waals surface area (Å²) in [6.45, 7) is 4.90. The van der Waals surface area contributed by atoms with E-state index < -0.39 is 51.6 Å². The Kier molecular flexibility index (Phi) is 7.14. The molecule has 156 valence electrons. The smallest absolute Gasteiger partial charge is 0.408 e. The number of benzene rings is 1. The Bertz CT molecular complexity index is 747. The molecule has 2 N–H and O–H groups in total. The molecule has 2 rings (SSSR count). The third-order valence-corrected chi connectivity index (χ3v) is 5.78. The molecule has 0 bridgehead atoms. The van der Waals surface area contributed by atoms with Crippen LogP contribution in [0.15, 0.2) is 18.2 Å². The highest BCUT2D eigenvalue weighted by molar-refractivity contribution is 7.84. The van der Waals surface area contributed by atoms with Crippen molar-refractivity contribution in [3.63, 3.8) is 0 Å². The van der Waals surface area contributed by atoms with Gasteiger partial charge >= 0.3 is 6.09 Å². The fraction of sp³-hybridized carbons (Fsp3) is 0.579. The molecule has 4 unspecified atom stereocenters. The van der Waals surface area contributed by atoms with Gasteiger partial charge < -0.3 is 15.4 Å². The summed E-state index contributed by atoms with van der Waals surface area (Å²) < 4.78 is 45.3. The number of ether oxygens (including phenoxy) is 1. The van der Waals surface area contributed by atoms with E-state index in [1.807, 2.05) is 0 Å². The van der Waals surface area contributed by atoms with Crippen molar-refractivity contribution < 1.29 is 27.3 Å². The molecule has 0 spiro atoms. The minimum atomic E-state index is -1.60. The molecule has 0 heterocycles. The van der Waals surface area contributed by atoms with Crippen molar-refractivity contribution in [2.75, 3.05) is 6.26 Å². The van der Waals surface area contributed by atoms with E-state index in [1.54, 1.807) is 27.0 Å². The molecule has 1 aromatic carbocycles. The standard InChI is InChI=1S/C19H26F2N2O4S/c1-19(2,3)27-18(25)23-16(15-13(20)6-5-7-14(15)21)17(24)22-11-8-9-12(10-11)28(4)26/h5-7,11-12,16H,8-10H2,1-4H3,(H,22,24)(H,23,25). The summed E-state index contributed by atoms with van der Waals surface area (Å²) in [5.74, 6) is -2.65. The number of nitrogens with one attached hydrogen (secondary N) is 2. The Morgan fingerprint density at radius 1 is 1.21 bits per heavy atom. The van der Waals surface area contributed by atoms with E-state index in [0.717, 1.165) is 12.1 Å². The number of halogens is 2. The summed E-state index contributed by atoms with van der Waals surface area (Å²) in [5.41, 5.74) is -1.40. The zero-order chi connectivity index (χ0) is 21.1. The van der Waals surface area contributed by atoms with Crippen LogP contribution in [0.4, 0.5) is 13.6 Å². The van der Waals surface area contributed by atoms with E-state index in [2.05, 4.69) is 10.6 Å². The predicted molar refractivity (Wildman–Crippen MR) is 102 cm³/mol. The molecule has 0 radical (unpaired) electrons. The van der Waals surface area contributed by atoms with Crippen molar-refractivity contribution in [2.45, 2.75) is 63.0 Å². The number of hydrogen-bond acceptors (Lipinski definition) is 4. The third-order valence-electron chi connectivity index (χ3n) is 4.41. The van der Waals surface area contributed by atoms with Crippen molar-refractivity contribution >= 4 is 22.8 Å². The van der Waals surface area contributed by atoms with Gasteiger partial charge in [0.05, 0.1) is 5.56 Å². The quantitative estimate of drug-likeness (QED) is 0.773. The van der Waals surface area contributed by atoms with Crippen molar-refractivity contribution in [2.24, 2.45) is 0 Å². The summed E-state index contributed by atoms with van der Waals surface area (Å²) in [4.78, 5) is 24.9. The summed E-state index contributed by atoms with van der Waals surface area (Å²) >= 11 is 0. The van der Waals surface area contributed by atoms with E-state index >= 15 is 0 Å². The molecule has 1 aliphatic rings. The van der Waals surface area contributed by atoms with E-state index in [0.29, 0.717) is 19.3 Å². The Labute approximate surface area is 165 Å². The molecule has 1 saturated carbocycles. The highest BCUT2D eigenvalue weighted by atomic mass is 32.2. The van der Waals surface area contributed by atoms with Gasteiger partial charge in [0.15, 0.2) is 0 Å². The summed E-state index contributed by atoms with van der Waals surface area (Å²) in [5, 5.41) is 4.94. The number of alkyl carbamates (subject to hydrolysis) is 1. The maximum atomic E-state index is 14.3. The van der Waals surface area contributed by atoms with Gasteiger partial charge in [-0.25, -0.2) is 13.6 Å². The minimum absolute atomic E-state index is 0.0345. The van der Waals surface area contributed by atoms with Crippen LogP contribution in [0.3, 0.4) is 0 Å². The van der Waals surface area contributed by atoms with Gasteiger partial charge in [-0.05, 0) is 52.2 Å². The van der Waals surface area contributed by atoms with Gasteiger partial charge in [0.2, 0.25) is 5.91 Å². The topological polar surface area (TPSA) is 84.5 Å². The number of hydrogen-bond donors (Lipinski definition) is 2. The Hall–Kier alpha value is -2.03. The van der Waals surface area contributed by atoms with Crippen LogP contribution in [0.2, 0.25) is 0 Å². The second-order valence-electron chi connectivity index (χ2n) is 7.85. The molecular formula is C19H26F2N2O4S. The number of amides is 2. The molecule has 1 aliphatic carbocycles. The number of carbonyl (C=O) groups is 2. The first-order valence-electron chi connectivity index (χ1n) is 9.04. The van der Waals surface area contributed by atoms with Crippen LogP contribution < -0.4 is 10.6 Å². The number of rotatable bonds is 5. The average Bonchev–Trinajstić information content (AvgIpc) is 3.00. The predicted octanol–water partition coefficient (Wildman–Crippen LogP) is 2.95. The maximum absolute atomic E-state index is 14.3. The largest absolute Gasteiger partial charge is 0.444 e. The van der Waals surface area contributed by atoms with E-state index in [4.69, 9.17) is 4.74 Å². The lowest BCUT2D eigenvalue weighted by Gasteiger charge is -2.25. The molecular weight excluding hydrogens is 390 g/mol. The lowest BCUT2D eigenvalue weighted by Crippen LogP contribution is -2.45. The molecule has 0 aromatic heterocycles. The van der Waals surface area contributed by atoms with Crippen LogP contribution in [0.5, 0.6) is 0 Å². The summed E-state index contributed by atoms with van der Waals surface area (Å²) in [6.07, 6.45) is 2.44. The zero-order valence-electron chi connectivity index (χ0n) is 16.4. The second kappa shape index (κ2) is 8.98. The van der Waals surface area contributed by atoms with Crippen LogP contribution in [0, 0.1) is 11.6 Å². The van der Waals surface area contributed by atoms with Crippen molar-refractivity contribution in [3.8, 4) is 0 Å². The first-order valence-corrected chi connectivity index (χ1v) is 10.7. The van der Waals surface area contributed by atoms with E-state index in [-0.39, 0.29) is 11.3 Å².